The van der Waals surface area contributed by atoms with E-state index in [2.05, 4.69) is 5.32 Å². The average Bonchev–Trinajstić information content (AvgIpc) is 2.95. The zero-order chi connectivity index (χ0) is 17.4. The first-order chi connectivity index (χ1) is 11.5. The van der Waals surface area contributed by atoms with E-state index in [4.69, 9.17) is 0 Å². The monoisotopic (exact) mass is 329 g/mol. The summed E-state index contributed by atoms with van der Waals surface area (Å²) in [4.78, 5) is 28.6. The van der Waals surface area contributed by atoms with Crippen molar-refractivity contribution in [2.24, 2.45) is 5.92 Å². The van der Waals surface area contributed by atoms with Gasteiger partial charge < -0.3 is 15.3 Å². The molecule has 3 amide bonds. The number of benzene rings is 1. The molecule has 0 aliphatic carbocycles. The van der Waals surface area contributed by atoms with Crippen molar-refractivity contribution in [3.8, 4) is 0 Å². The van der Waals surface area contributed by atoms with Gasteiger partial charge in [0, 0.05) is 19.7 Å². The molecule has 128 valence electrons. The topological polar surface area (TPSA) is 72.9 Å². The average molecular weight is 329 g/mol. The molecule has 24 heavy (non-hydrogen) atoms. The van der Waals surface area contributed by atoms with Crippen molar-refractivity contribution in [3.63, 3.8) is 0 Å². The fourth-order valence-electron chi connectivity index (χ4n) is 3.27. The fourth-order valence-corrected chi connectivity index (χ4v) is 3.27. The minimum Gasteiger partial charge on any atom is -0.396 e. The first-order valence-electron chi connectivity index (χ1n) is 8.19. The maximum atomic E-state index is 13.0. The lowest BCUT2D eigenvalue weighted by Gasteiger charge is -2.31. The van der Waals surface area contributed by atoms with E-state index in [-0.39, 0.29) is 30.5 Å². The molecular formula is C18H23N3O3. The van der Waals surface area contributed by atoms with Crippen LogP contribution in [-0.2, 0) is 4.79 Å². The molecule has 6 heteroatoms. The second kappa shape index (κ2) is 6.28. The number of carbonyl (C=O) groups is 2. The maximum Gasteiger partial charge on any atom is 0.322 e. The van der Waals surface area contributed by atoms with Gasteiger partial charge in [0.05, 0.1) is 23.9 Å². The van der Waals surface area contributed by atoms with Gasteiger partial charge in [0.15, 0.2) is 0 Å². The van der Waals surface area contributed by atoms with Crippen LogP contribution in [0.4, 0.5) is 4.79 Å². The van der Waals surface area contributed by atoms with E-state index < -0.39 is 6.04 Å². The quantitative estimate of drug-likeness (QED) is 0.879. The van der Waals surface area contributed by atoms with Crippen molar-refractivity contribution in [2.45, 2.75) is 25.9 Å². The van der Waals surface area contributed by atoms with Crippen molar-refractivity contribution >= 4 is 11.9 Å². The van der Waals surface area contributed by atoms with Crippen LogP contribution >= 0.6 is 0 Å². The molecule has 0 saturated heterocycles. The molecule has 0 radical (unpaired) electrons. The van der Waals surface area contributed by atoms with Crippen LogP contribution < -0.4 is 5.32 Å². The van der Waals surface area contributed by atoms with Crippen LogP contribution in [0.1, 0.15) is 25.5 Å². The van der Waals surface area contributed by atoms with E-state index in [1.54, 1.807) is 11.9 Å². The van der Waals surface area contributed by atoms with E-state index in [1.807, 2.05) is 44.2 Å². The van der Waals surface area contributed by atoms with Gasteiger partial charge in [-0.1, -0.05) is 37.3 Å². The van der Waals surface area contributed by atoms with E-state index >= 15 is 0 Å². The van der Waals surface area contributed by atoms with Crippen LogP contribution in [0.3, 0.4) is 0 Å². The number of rotatable bonds is 4. The Bertz CT molecular complexity index is 686. The molecule has 6 nitrogen and oxygen atoms in total. The molecule has 3 rings (SSSR count). The summed E-state index contributed by atoms with van der Waals surface area (Å²) in [7, 11) is 1.68. The Morgan fingerprint density at radius 3 is 2.54 bits per heavy atom. The van der Waals surface area contributed by atoms with Gasteiger partial charge in [-0.15, -0.1) is 0 Å². The zero-order valence-corrected chi connectivity index (χ0v) is 14.2. The number of hydrogen-bond acceptors (Lipinski definition) is 3. The van der Waals surface area contributed by atoms with Crippen LogP contribution in [0.2, 0.25) is 0 Å². The third-order valence-electron chi connectivity index (χ3n) is 5.12. The van der Waals surface area contributed by atoms with Gasteiger partial charge in [0.1, 0.15) is 0 Å². The fraction of sp³-hybridized carbons (Fsp3) is 0.444. The summed E-state index contributed by atoms with van der Waals surface area (Å²) in [5.41, 5.74) is 2.26. The van der Waals surface area contributed by atoms with Gasteiger partial charge in [0.2, 0.25) is 0 Å². The Hall–Kier alpha value is -2.34. The molecule has 0 unspecified atom stereocenters. The zero-order valence-electron chi connectivity index (χ0n) is 14.2. The predicted molar refractivity (Wildman–Crippen MR) is 89.9 cm³/mol. The molecule has 3 atom stereocenters. The number of nitrogens with one attached hydrogen (secondary N) is 1. The highest BCUT2D eigenvalue weighted by molar-refractivity contribution is 6.01. The summed E-state index contributed by atoms with van der Waals surface area (Å²) in [6.45, 7) is 4.26. The Morgan fingerprint density at radius 1 is 1.25 bits per heavy atom. The number of likely N-dealkylation sites (N-methyl/N-ethyl adjacent to an activating group) is 1. The molecule has 1 aromatic carbocycles. The van der Waals surface area contributed by atoms with E-state index in [0.717, 1.165) is 11.3 Å². The molecular weight excluding hydrogens is 306 g/mol. The van der Waals surface area contributed by atoms with Gasteiger partial charge in [-0.25, -0.2) is 4.79 Å². The highest BCUT2D eigenvalue weighted by atomic mass is 16.3. The summed E-state index contributed by atoms with van der Waals surface area (Å²) in [5.74, 6) is -0.0991. The lowest BCUT2D eigenvalue weighted by molar-refractivity contribution is -0.128. The van der Waals surface area contributed by atoms with Gasteiger partial charge in [0.25, 0.3) is 5.91 Å². The number of urea groups is 1. The molecule has 0 spiro atoms. The Labute approximate surface area is 141 Å². The molecule has 0 bridgehead atoms. The molecule has 0 saturated carbocycles. The molecule has 2 aliphatic heterocycles. The largest absolute Gasteiger partial charge is 0.396 e. The predicted octanol–water partition coefficient (Wildman–Crippen LogP) is 1.50. The van der Waals surface area contributed by atoms with Gasteiger partial charge in [-0.3, -0.25) is 9.69 Å². The lowest BCUT2D eigenvalue weighted by Crippen LogP contribution is -2.45. The lowest BCUT2D eigenvalue weighted by atomic mass is 9.95. The number of aliphatic hydroxyl groups excluding tert-OH is 1. The minimum absolute atomic E-state index is 0.0186. The van der Waals surface area contributed by atoms with Gasteiger partial charge in [-0.2, -0.15) is 0 Å². The van der Waals surface area contributed by atoms with E-state index in [0.29, 0.717) is 12.1 Å². The first-order valence-corrected chi connectivity index (χ1v) is 8.19. The SMILES string of the molecule is C[C@H]([C@@H](C)CO)N1CC2=C(C1=O)[C@@H](c1ccccc1)NC(=O)N2C. The number of amides is 3. The third kappa shape index (κ3) is 2.57. The molecule has 0 fully saturated rings. The number of aliphatic hydroxyl groups is 1. The molecule has 0 aromatic heterocycles. The molecule has 2 aliphatic rings. The van der Waals surface area contributed by atoms with Crippen molar-refractivity contribution in [3.05, 3.63) is 47.2 Å². The third-order valence-corrected chi connectivity index (χ3v) is 5.12. The van der Waals surface area contributed by atoms with Gasteiger partial charge >= 0.3 is 6.03 Å². The van der Waals surface area contributed by atoms with Crippen LogP contribution in [-0.4, -0.2) is 53.1 Å². The number of hydrogen-bond donors (Lipinski definition) is 2. The van der Waals surface area contributed by atoms with Crippen molar-refractivity contribution in [1.29, 1.82) is 0 Å². The van der Waals surface area contributed by atoms with Gasteiger partial charge in [-0.05, 0) is 18.4 Å². The highest BCUT2D eigenvalue weighted by Crippen LogP contribution is 2.36. The summed E-state index contributed by atoms with van der Waals surface area (Å²) >= 11 is 0. The minimum atomic E-state index is -0.431. The molecule has 1 aromatic rings. The Kier molecular flexibility index (Phi) is 4.32. The second-order valence-electron chi connectivity index (χ2n) is 6.55. The normalized spacial score (nSPS) is 23.2. The molecule has 2 N–H and O–H groups in total. The van der Waals surface area contributed by atoms with Crippen LogP contribution in [0.5, 0.6) is 0 Å². The Balaban J connectivity index is 1.98. The summed E-state index contributed by atoms with van der Waals surface area (Å²) in [6.07, 6.45) is 0. The smallest absolute Gasteiger partial charge is 0.322 e. The number of nitrogens with zero attached hydrogens (tertiary/aromatic N) is 2. The Morgan fingerprint density at radius 2 is 1.92 bits per heavy atom. The van der Waals surface area contributed by atoms with E-state index in [1.165, 1.54) is 4.90 Å². The number of carbonyl (C=O) groups excluding carboxylic acids is 2. The standard InChI is InChI=1S/C18H23N3O3/c1-11(10-22)12(2)21-9-14-15(17(21)23)16(19-18(24)20(14)3)13-7-5-4-6-8-13/h4-8,11-12,16,22H,9-10H2,1-3H3,(H,19,24)/t11-,12+,16+/m0/s1. The second-order valence-corrected chi connectivity index (χ2v) is 6.55. The first kappa shape index (κ1) is 16.5. The highest BCUT2D eigenvalue weighted by Gasteiger charge is 2.44. The summed E-state index contributed by atoms with van der Waals surface area (Å²) in [6, 6.07) is 8.78. The molecule has 2 heterocycles. The van der Waals surface area contributed by atoms with Crippen LogP contribution in [0.15, 0.2) is 41.6 Å². The van der Waals surface area contributed by atoms with Crippen molar-refractivity contribution in [2.75, 3.05) is 20.2 Å². The maximum absolute atomic E-state index is 13.0. The van der Waals surface area contributed by atoms with Crippen LogP contribution in [0.25, 0.3) is 0 Å². The van der Waals surface area contributed by atoms with Crippen molar-refractivity contribution in [1.82, 2.24) is 15.1 Å². The van der Waals surface area contributed by atoms with Crippen molar-refractivity contribution < 1.29 is 14.7 Å². The van der Waals surface area contributed by atoms with Crippen LogP contribution in [0, 0.1) is 5.92 Å². The summed E-state index contributed by atoms with van der Waals surface area (Å²) in [5, 5.41) is 12.3. The van der Waals surface area contributed by atoms with E-state index in [9.17, 15) is 14.7 Å². The summed E-state index contributed by atoms with van der Waals surface area (Å²) < 4.78 is 0.